The molecule has 0 bridgehead atoms. The minimum Gasteiger partial charge on any atom is -0.326 e. The standard InChI is InChI=1S/C15H19N3O2/c1-2-3-13(16)15(20)18-12-8-6-11(7-9-12)17-14(19)10-4-5-10/h2,6-10,13H,1,3-5,16H2,(H,17,19)(H,18,20). The smallest absolute Gasteiger partial charge is 0.241 e. The van der Waals surface area contributed by atoms with Crippen molar-refractivity contribution in [2.24, 2.45) is 11.7 Å². The van der Waals surface area contributed by atoms with E-state index in [1.54, 1.807) is 30.3 Å². The molecule has 2 amide bonds. The molecule has 4 N–H and O–H groups in total. The number of amides is 2. The molecule has 1 atom stereocenters. The van der Waals surface area contributed by atoms with Crippen molar-refractivity contribution in [3.8, 4) is 0 Å². The fourth-order valence-corrected chi connectivity index (χ4v) is 1.75. The van der Waals surface area contributed by atoms with Gasteiger partial charge in [-0.1, -0.05) is 6.08 Å². The lowest BCUT2D eigenvalue weighted by Gasteiger charge is -2.11. The minimum absolute atomic E-state index is 0.0646. The van der Waals surface area contributed by atoms with E-state index in [-0.39, 0.29) is 17.7 Å². The Bertz CT molecular complexity index is 506. The Morgan fingerprint density at radius 3 is 2.30 bits per heavy atom. The zero-order chi connectivity index (χ0) is 14.5. The lowest BCUT2D eigenvalue weighted by atomic mass is 10.2. The minimum atomic E-state index is -0.596. The zero-order valence-corrected chi connectivity index (χ0v) is 11.3. The first kappa shape index (κ1) is 14.3. The predicted octanol–water partition coefficient (Wildman–Crippen LogP) is 1.88. The Labute approximate surface area is 118 Å². The molecule has 1 fully saturated rings. The molecule has 1 aromatic carbocycles. The molecule has 106 valence electrons. The van der Waals surface area contributed by atoms with Gasteiger partial charge in [-0.3, -0.25) is 9.59 Å². The predicted molar refractivity (Wildman–Crippen MR) is 79.2 cm³/mol. The number of carbonyl (C=O) groups excluding carboxylic acids is 2. The second-order valence-corrected chi connectivity index (χ2v) is 4.96. The van der Waals surface area contributed by atoms with Crippen molar-refractivity contribution < 1.29 is 9.59 Å². The molecule has 2 rings (SSSR count). The molecule has 5 nitrogen and oxygen atoms in total. The molecule has 0 spiro atoms. The van der Waals surface area contributed by atoms with Gasteiger partial charge in [-0.15, -0.1) is 6.58 Å². The van der Waals surface area contributed by atoms with Crippen molar-refractivity contribution in [1.29, 1.82) is 0 Å². The van der Waals surface area contributed by atoms with Crippen LogP contribution in [0.2, 0.25) is 0 Å². The number of hydrogen-bond acceptors (Lipinski definition) is 3. The van der Waals surface area contributed by atoms with Crippen molar-refractivity contribution >= 4 is 23.2 Å². The average molecular weight is 273 g/mol. The maximum absolute atomic E-state index is 11.7. The van der Waals surface area contributed by atoms with Crippen LogP contribution >= 0.6 is 0 Å². The van der Waals surface area contributed by atoms with E-state index in [9.17, 15) is 9.59 Å². The van der Waals surface area contributed by atoms with Crippen LogP contribution in [-0.2, 0) is 9.59 Å². The van der Waals surface area contributed by atoms with Gasteiger partial charge in [0.1, 0.15) is 0 Å². The van der Waals surface area contributed by atoms with E-state index in [1.807, 2.05) is 0 Å². The summed E-state index contributed by atoms with van der Waals surface area (Å²) in [5.41, 5.74) is 7.05. The Hall–Kier alpha value is -2.14. The van der Waals surface area contributed by atoms with Crippen LogP contribution in [0.1, 0.15) is 19.3 Å². The lowest BCUT2D eigenvalue weighted by molar-refractivity contribution is -0.118. The van der Waals surface area contributed by atoms with Crippen LogP contribution in [0, 0.1) is 5.92 Å². The van der Waals surface area contributed by atoms with Crippen LogP contribution in [0.3, 0.4) is 0 Å². The van der Waals surface area contributed by atoms with E-state index >= 15 is 0 Å². The number of hydrogen-bond donors (Lipinski definition) is 3. The van der Waals surface area contributed by atoms with Crippen molar-refractivity contribution in [2.75, 3.05) is 10.6 Å². The Morgan fingerprint density at radius 1 is 1.25 bits per heavy atom. The molecule has 0 aliphatic heterocycles. The molecule has 1 aromatic rings. The SMILES string of the molecule is C=CCC(N)C(=O)Nc1ccc(NC(=O)C2CC2)cc1. The van der Waals surface area contributed by atoms with Gasteiger partial charge in [-0.05, 0) is 43.5 Å². The molecular formula is C15H19N3O2. The fourth-order valence-electron chi connectivity index (χ4n) is 1.75. The van der Waals surface area contributed by atoms with Gasteiger partial charge in [0, 0.05) is 17.3 Å². The van der Waals surface area contributed by atoms with Gasteiger partial charge in [0.2, 0.25) is 11.8 Å². The second-order valence-electron chi connectivity index (χ2n) is 4.96. The molecule has 1 saturated carbocycles. The van der Waals surface area contributed by atoms with Crippen LogP contribution in [0.15, 0.2) is 36.9 Å². The second kappa shape index (κ2) is 6.34. The monoisotopic (exact) mass is 273 g/mol. The Kier molecular flexibility index (Phi) is 4.53. The summed E-state index contributed by atoms with van der Waals surface area (Å²) in [6.07, 6.45) is 3.99. The van der Waals surface area contributed by atoms with Gasteiger partial charge in [-0.25, -0.2) is 0 Å². The van der Waals surface area contributed by atoms with Gasteiger partial charge < -0.3 is 16.4 Å². The van der Waals surface area contributed by atoms with Crippen molar-refractivity contribution in [3.63, 3.8) is 0 Å². The third-order valence-corrected chi connectivity index (χ3v) is 3.13. The van der Waals surface area contributed by atoms with E-state index in [0.717, 1.165) is 18.5 Å². The summed E-state index contributed by atoms with van der Waals surface area (Å²) in [4.78, 5) is 23.3. The summed E-state index contributed by atoms with van der Waals surface area (Å²) in [5, 5.41) is 5.56. The van der Waals surface area contributed by atoms with Crippen molar-refractivity contribution in [3.05, 3.63) is 36.9 Å². The fraction of sp³-hybridized carbons (Fsp3) is 0.333. The van der Waals surface area contributed by atoms with Crippen molar-refractivity contribution in [1.82, 2.24) is 0 Å². The third kappa shape index (κ3) is 3.93. The molecule has 20 heavy (non-hydrogen) atoms. The molecule has 1 aliphatic rings. The van der Waals surface area contributed by atoms with Crippen LogP contribution in [0.5, 0.6) is 0 Å². The number of rotatable bonds is 6. The largest absolute Gasteiger partial charge is 0.326 e. The van der Waals surface area contributed by atoms with E-state index in [2.05, 4.69) is 17.2 Å². The molecule has 5 heteroatoms. The molecule has 0 radical (unpaired) electrons. The summed E-state index contributed by atoms with van der Waals surface area (Å²) >= 11 is 0. The highest BCUT2D eigenvalue weighted by atomic mass is 16.2. The number of benzene rings is 1. The zero-order valence-electron chi connectivity index (χ0n) is 11.3. The quantitative estimate of drug-likeness (QED) is 0.692. The van der Waals surface area contributed by atoms with Crippen LogP contribution < -0.4 is 16.4 Å². The molecule has 0 aromatic heterocycles. The highest BCUT2D eigenvalue weighted by Gasteiger charge is 2.29. The topological polar surface area (TPSA) is 84.2 Å². The average Bonchev–Trinajstić information content (AvgIpc) is 3.25. The van der Waals surface area contributed by atoms with Crippen LogP contribution in [-0.4, -0.2) is 17.9 Å². The first-order chi connectivity index (χ1) is 9.60. The summed E-state index contributed by atoms with van der Waals surface area (Å²) in [6.45, 7) is 3.55. The van der Waals surface area contributed by atoms with E-state index < -0.39 is 6.04 Å². The molecule has 1 unspecified atom stereocenters. The maximum Gasteiger partial charge on any atom is 0.241 e. The van der Waals surface area contributed by atoms with Gasteiger partial charge in [0.05, 0.1) is 6.04 Å². The van der Waals surface area contributed by atoms with Gasteiger partial charge in [-0.2, -0.15) is 0 Å². The number of nitrogens with two attached hydrogens (primary N) is 1. The maximum atomic E-state index is 11.7. The van der Waals surface area contributed by atoms with Crippen molar-refractivity contribution in [2.45, 2.75) is 25.3 Å². The van der Waals surface area contributed by atoms with Gasteiger partial charge >= 0.3 is 0 Å². The molecule has 0 heterocycles. The summed E-state index contributed by atoms with van der Waals surface area (Å²) in [6, 6.07) is 6.40. The van der Waals surface area contributed by atoms with Crippen LogP contribution in [0.25, 0.3) is 0 Å². The number of anilines is 2. The Balaban J connectivity index is 1.88. The normalized spacial score (nSPS) is 15.2. The Morgan fingerprint density at radius 2 is 1.80 bits per heavy atom. The molecular weight excluding hydrogens is 254 g/mol. The number of nitrogens with one attached hydrogen (secondary N) is 2. The molecule has 1 aliphatic carbocycles. The first-order valence-electron chi connectivity index (χ1n) is 6.68. The summed E-state index contributed by atoms with van der Waals surface area (Å²) < 4.78 is 0. The van der Waals surface area contributed by atoms with E-state index in [4.69, 9.17) is 5.73 Å². The number of carbonyl (C=O) groups is 2. The van der Waals surface area contributed by atoms with E-state index in [1.165, 1.54) is 0 Å². The highest BCUT2D eigenvalue weighted by molar-refractivity contribution is 5.96. The first-order valence-corrected chi connectivity index (χ1v) is 6.68. The lowest BCUT2D eigenvalue weighted by Crippen LogP contribution is -2.35. The van der Waals surface area contributed by atoms with Crippen LogP contribution in [0.4, 0.5) is 11.4 Å². The highest BCUT2D eigenvalue weighted by Crippen LogP contribution is 2.30. The summed E-state index contributed by atoms with van der Waals surface area (Å²) in [5.74, 6) is -0.0132. The summed E-state index contributed by atoms with van der Waals surface area (Å²) in [7, 11) is 0. The third-order valence-electron chi connectivity index (χ3n) is 3.13. The van der Waals surface area contributed by atoms with Gasteiger partial charge in [0.15, 0.2) is 0 Å². The van der Waals surface area contributed by atoms with Gasteiger partial charge in [0.25, 0.3) is 0 Å². The van der Waals surface area contributed by atoms with E-state index in [0.29, 0.717) is 12.1 Å². The molecule has 0 saturated heterocycles.